The molecule has 0 aliphatic carbocycles. The third-order valence-electron chi connectivity index (χ3n) is 4.72. The molecule has 2 aromatic heterocycles. The van der Waals surface area contributed by atoms with E-state index in [4.69, 9.17) is 4.74 Å². The number of rotatable bonds is 8. The number of ether oxygens (including phenoxy) is 1. The van der Waals surface area contributed by atoms with Crippen LogP contribution in [0.4, 0.5) is 4.79 Å². The second-order valence-electron chi connectivity index (χ2n) is 6.69. The van der Waals surface area contributed by atoms with E-state index in [0.717, 1.165) is 5.56 Å². The van der Waals surface area contributed by atoms with E-state index in [9.17, 15) is 14.4 Å². The van der Waals surface area contributed by atoms with Crippen LogP contribution in [0.3, 0.4) is 0 Å². The van der Waals surface area contributed by atoms with Crippen LogP contribution in [0, 0.1) is 13.8 Å². The van der Waals surface area contributed by atoms with Gasteiger partial charge in [-0.05, 0) is 44.9 Å². The van der Waals surface area contributed by atoms with Crippen molar-refractivity contribution in [2.24, 2.45) is 7.05 Å². The van der Waals surface area contributed by atoms with Gasteiger partial charge in [-0.2, -0.15) is 0 Å². The lowest BCUT2D eigenvalue weighted by atomic mass is 10.0. The molecule has 2 heterocycles. The van der Waals surface area contributed by atoms with Gasteiger partial charge in [-0.3, -0.25) is 9.78 Å². The summed E-state index contributed by atoms with van der Waals surface area (Å²) in [6.45, 7) is 7.89. The molecule has 2 amide bonds. The van der Waals surface area contributed by atoms with E-state index in [2.05, 4.69) is 10.3 Å². The third-order valence-corrected chi connectivity index (χ3v) is 4.72. The third kappa shape index (κ3) is 5.01. The van der Waals surface area contributed by atoms with Gasteiger partial charge in [0.1, 0.15) is 5.69 Å². The van der Waals surface area contributed by atoms with Gasteiger partial charge < -0.3 is 19.5 Å². The van der Waals surface area contributed by atoms with E-state index >= 15 is 0 Å². The maximum Gasteiger partial charge on any atom is 0.355 e. The van der Waals surface area contributed by atoms with Crippen molar-refractivity contribution in [2.75, 3.05) is 19.7 Å². The molecule has 0 saturated heterocycles. The number of nitrogens with zero attached hydrogens (tertiary/aromatic N) is 3. The SMILES string of the molecule is CCNC(=O)N(CC(=O)c1c(C)c(C(=O)OCC)n(C)c1C)Cc1cccnc1. The van der Waals surface area contributed by atoms with E-state index in [0.29, 0.717) is 29.1 Å². The van der Waals surface area contributed by atoms with E-state index in [1.165, 1.54) is 4.90 Å². The number of nitrogens with one attached hydrogen (secondary N) is 1. The Balaban J connectivity index is 2.32. The molecule has 0 fully saturated rings. The van der Waals surface area contributed by atoms with Crippen molar-refractivity contribution >= 4 is 17.8 Å². The molecule has 0 unspecified atom stereocenters. The monoisotopic (exact) mass is 400 g/mol. The number of amides is 2. The van der Waals surface area contributed by atoms with Crippen molar-refractivity contribution in [1.29, 1.82) is 0 Å². The van der Waals surface area contributed by atoms with Crippen LogP contribution < -0.4 is 5.32 Å². The Labute approximate surface area is 170 Å². The van der Waals surface area contributed by atoms with Crippen molar-refractivity contribution in [3.8, 4) is 0 Å². The van der Waals surface area contributed by atoms with Crippen molar-refractivity contribution in [1.82, 2.24) is 19.8 Å². The van der Waals surface area contributed by atoms with Crippen LogP contribution in [-0.4, -0.2) is 51.9 Å². The molecular weight excluding hydrogens is 372 g/mol. The number of pyridine rings is 1. The molecule has 8 nitrogen and oxygen atoms in total. The fourth-order valence-electron chi connectivity index (χ4n) is 3.30. The Bertz CT molecular complexity index is 890. The summed E-state index contributed by atoms with van der Waals surface area (Å²) in [5, 5.41) is 2.74. The summed E-state index contributed by atoms with van der Waals surface area (Å²) in [5.74, 6) is -0.702. The average molecular weight is 400 g/mol. The summed E-state index contributed by atoms with van der Waals surface area (Å²) in [6.07, 6.45) is 3.31. The summed E-state index contributed by atoms with van der Waals surface area (Å²) in [5.41, 5.74) is 2.83. The number of aromatic nitrogens is 2. The number of esters is 1. The zero-order valence-corrected chi connectivity index (χ0v) is 17.6. The van der Waals surface area contributed by atoms with Crippen molar-refractivity contribution in [2.45, 2.75) is 34.2 Å². The van der Waals surface area contributed by atoms with Gasteiger partial charge in [-0.15, -0.1) is 0 Å². The minimum atomic E-state index is -0.467. The van der Waals surface area contributed by atoms with Crippen LogP contribution in [0.25, 0.3) is 0 Å². The van der Waals surface area contributed by atoms with Crippen LogP contribution in [0.15, 0.2) is 24.5 Å². The highest BCUT2D eigenvalue weighted by Gasteiger charge is 2.27. The van der Waals surface area contributed by atoms with Gasteiger partial charge in [-0.25, -0.2) is 9.59 Å². The normalized spacial score (nSPS) is 10.5. The zero-order chi connectivity index (χ0) is 21.6. The van der Waals surface area contributed by atoms with E-state index in [1.54, 1.807) is 50.8 Å². The molecule has 0 aliphatic heterocycles. The highest BCUT2D eigenvalue weighted by Crippen LogP contribution is 2.23. The minimum Gasteiger partial charge on any atom is -0.461 e. The zero-order valence-electron chi connectivity index (χ0n) is 17.6. The number of hydrogen-bond donors (Lipinski definition) is 1. The van der Waals surface area contributed by atoms with E-state index in [1.807, 2.05) is 13.0 Å². The predicted molar refractivity (Wildman–Crippen MR) is 109 cm³/mol. The number of hydrogen-bond acceptors (Lipinski definition) is 5. The Morgan fingerprint density at radius 2 is 1.97 bits per heavy atom. The van der Waals surface area contributed by atoms with Crippen LogP contribution >= 0.6 is 0 Å². The van der Waals surface area contributed by atoms with Gasteiger partial charge in [0.05, 0.1) is 13.2 Å². The van der Waals surface area contributed by atoms with E-state index in [-0.39, 0.29) is 31.5 Å². The largest absolute Gasteiger partial charge is 0.461 e. The molecule has 0 aliphatic rings. The topological polar surface area (TPSA) is 93.5 Å². The molecular formula is C21H28N4O4. The summed E-state index contributed by atoms with van der Waals surface area (Å²) in [4.78, 5) is 43.5. The van der Waals surface area contributed by atoms with E-state index < -0.39 is 5.97 Å². The van der Waals surface area contributed by atoms with Gasteiger partial charge in [0, 0.05) is 43.8 Å². The van der Waals surface area contributed by atoms with Gasteiger partial charge in [0.2, 0.25) is 0 Å². The smallest absolute Gasteiger partial charge is 0.355 e. The number of carbonyl (C=O) groups excluding carboxylic acids is 3. The maximum atomic E-state index is 13.1. The Hall–Kier alpha value is -3.16. The summed E-state index contributed by atoms with van der Waals surface area (Å²) >= 11 is 0. The first-order chi connectivity index (χ1) is 13.8. The lowest BCUT2D eigenvalue weighted by Gasteiger charge is -2.22. The van der Waals surface area contributed by atoms with Crippen molar-refractivity contribution in [3.05, 3.63) is 52.6 Å². The van der Waals surface area contributed by atoms with Crippen LogP contribution in [0.2, 0.25) is 0 Å². The Kier molecular flexibility index (Phi) is 7.52. The molecule has 2 rings (SSSR count). The first kappa shape index (κ1) is 22.1. The Morgan fingerprint density at radius 1 is 1.24 bits per heavy atom. The maximum absolute atomic E-state index is 13.1. The molecule has 8 heteroatoms. The molecule has 1 N–H and O–H groups in total. The van der Waals surface area contributed by atoms with Gasteiger partial charge in [0.25, 0.3) is 0 Å². The summed E-state index contributed by atoms with van der Waals surface area (Å²) < 4.78 is 6.78. The number of Topliss-reactive ketones (excluding diaryl/α,β-unsaturated/α-hetero) is 1. The van der Waals surface area contributed by atoms with Crippen LogP contribution in [0.5, 0.6) is 0 Å². The summed E-state index contributed by atoms with van der Waals surface area (Å²) in [6, 6.07) is 3.30. The first-order valence-corrected chi connectivity index (χ1v) is 9.59. The molecule has 29 heavy (non-hydrogen) atoms. The summed E-state index contributed by atoms with van der Waals surface area (Å²) in [7, 11) is 1.72. The lowest BCUT2D eigenvalue weighted by Crippen LogP contribution is -2.42. The first-order valence-electron chi connectivity index (χ1n) is 9.59. The molecule has 0 atom stereocenters. The fraction of sp³-hybridized carbons (Fsp3) is 0.429. The fourth-order valence-corrected chi connectivity index (χ4v) is 3.30. The standard InChI is InChI=1S/C21H28N4O4/c1-6-23-21(28)25(12-16-9-8-10-22-11-16)13-17(26)18-14(3)19(20(27)29-7-2)24(5)15(18)4/h8-11H,6-7,12-13H2,1-5H3,(H,23,28). The quantitative estimate of drug-likeness (QED) is 0.543. The predicted octanol–water partition coefficient (Wildman–Crippen LogP) is 2.63. The molecule has 0 saturated carbocycles. The molecule has 0 bridgehead atoms. The number of carbonyl (C=O) groups is 3. The van der Waals surface area contributed by atoms with Gasteiger partial charge in [0.15, 0.2) is 5.78 Å². The number of urea groups is 1. The number of ketones is 1. The lowest BCUT2D eigenvalue weighted by molar-refractivity contribution is 0.0514. The highest BCUT2D eigenvalue weighted by molar-refractivity contribution is 6.04. The van der Waals surface area contributed by atoms with Gasteiger partial charge >= 0.3 is 12.0 Å². The van der Waals surface area contributed by atoms with Crippen LogP contribution in [0.1, 0.15) is 51.5 Å². The van der Waals surface area contributed by atoms with Crippen molar-refractivity contribution < 1.29 is 19.1 Å². The second kappa shape index (κ2) is 9.86. The molecule has 0 spiro atoms. The second-order valence-corrected chi connectivity index (χ2v) is 6.69. The Morgan fingerprint density at radius 3 is 2.55 bits per heavy atom. The molecule has 156 valence electrons. The molecule has 0 aromatic carbocycles. The average Bonchev–Trinajstić information content (AvgIpc) is 2.91. The van der Waals surface area contributed by atoms with Crippen molar-refractivity contribution in [3.63, 3.8) is 0 Å². The molecule has 0 radical (unpaired) electrons. The highest BCUT2D eigenvalue weighted by atomic mass is 16.5. The molecule has 2 aromatic rings. The minimum absolute atomic E-state index is 0.116. The van der Waals surface area contributed by atoms with Crippen LogP contribution in [-0.2, 0) is 18.3 Å². The van der Waals surface area contributed by atoms with Gasteiger partial charge in [-0.1, -0.05) is 6.07 Å².